The van der Waals surface area contributed by atoms with Crippen LogP contribution in [0.1, 0.15) is 16.7 Å². The Kier molecular flexibility index (Phi) is 4.43. The van der Waals surface area contributed by atoms with Crippen molar-refractivity contribution in [3.63, 3.8) is 0 Å². The third kappa shape index (κ3) is 3.70. The topological polar surface area (TPSA) is 49.7 Å². The maximum atomic E-state index is 12.3. The van der Waals surface area contributed by atoms with E-state index >= 15 is 0 Å². The Bertz CT molecular complexity index is 733. The Morgan fingerprint density at radius 3 is 1.90 bits per heavy atom. The first-order valence-electron chi connectivity index (χ1n) is 6.56. The summed E-state index contributed by atoms with van der Waals surface area (Å²) in [6.45, 7) is 3.91. The molecule has 0 aromatic heterocycles. The number of hydrogen-bond acceptors (Lipinski definition) is 3. The van der Waals surface area contributed by atoms with Gasteiger partial charge in [0.2, 0.25) is 0 Å². The predicted octanol–water partition coefficient (Wildman–Crippen LogP) is 2.96. The molecule has 0 aliphatic rings. The van der Waals surface area contributed by atoms with E-state index in [4.69, 9.17) is 0 Å². The van der Waals surface area contributed by atoms with Crippen molar-refractivity contribution >= 4 is 16.2 Å². The van der Waals surface area contributed by atoms with E-state index in [0.29, 0.717) is 0 Å². The number of benzene rings is 2. The molecule has 4 nitrogen and oxygen atoms in total. The van der Waals surface area contributed by atoms with Gasteiger partial charge in [-0.25, -0.2) is 0 Å². The molecule has 110 valence electrons. The monoisotopic (exact) mass is 302 g/mol. The molecule has 0 bridgehead atoms. The highest BCUT2D eigenvalue weighted by atomic mass is 32.2. The van der Waals surface area contributed by atoms with Crippen LogP contribution in [0.2, 0.25) is 0 Å². The average Bonchev–Trinajstić information content (AvgIpc) is 2.46. The Morgan fingerprint density at radius 1 is 0.905 bits per heavy atom. The average molecular weight is 302 g/mol. The van der Waals surface area contributed by atoms with Crippen LogP contribution in [0.5, 0.6) is 0 Å². The number of sulfonamides is 1. The van der Waals surface area contributed by atoms with E-state index in [1.807, 2.05) is 38.1 Å². The van der Waals surface area contributed by atoms with Crippen LogP contribution < -0.4 is 0 Å². The van der Waals surface area contributed by atoms with Crippen molar-refractivity contribution in [1.82, 2.24) is 4.41 Å². The first-order valence-corrected chi connectivity index (χ1v) is 8.00. The molecule has 0 heterocycles. The van der Waals surface area contributed by atoms with Crippen molar-refractivity contribution in [1.29, 1.82) is 0 Å². The van der Waals surface area contributed by atoms with E-state index in [0.717, 1.165) is 21.1 Å². The summed E-state index contributed by atoms with van der Waals surface area (Å²) >= 11 is 0. The third-order valence-electron chi connectivity index (χ3n) is 3.11. The van der Waals surface area contributed by atoms with E-state index in [2.05, 4.69) is 5.10 Å². The van der Waals surface area contributed by atoms with Crippen molar-refractivity contribution in [2.45, 2.75) is 18.7 Å². The minimum Gasteiger partial charge on any atom is -0.200 e. The molecule has 0 saturated carbocycles. The first-order chi connectivity index (χ1) is 9.89. The normalized spacial score (nSPS) is 11.8. The van der Waals surface area contributed by atoms with Gasteiger partial charge in [0.1, 0.15) is 0 Å². The maximum absolute atomic E-state index is 12.3. The second-order valence-corrected chi connectivity index (χ2v) is 6.86. The Morgan fingerprint density at radius 2 is 1.38 bits per heavy atom. The molecule has 5 heteroatoms. The van der Waals surface area contributed by atoms with E-state index in [1.54, 1.807) is 24.3 Å². The standard InChI is InChI=1S/C16H18N2O2S/c1-13-4-8-15(9-5-13)12-17-18(3)21(19,20)16-10-6-14(2)7-11-16/h4-12H,1-3H3. The second kappa shape index (κ2) is 6.10. The fourth-order valence-electron chi connectivity index (χ4n) is 1.73. The molecule has 0 radical (unpaired) electrons. The highest BCUT2D eigenvalue weighted by Gasteiger charge is 2.18. The number of hydrogen-bond donors (Lipinski definition) is 0. The summed E-state index contributed by atoms with van der Waals surface area (Å²) in [5, 5.41) is 4.01. The fourth-order valence-corrected chi connectivity index (χ4v) is 2.68. The number of nitrogens with zero attached hydrogens (tertiary/aromatic N) is 2. The number of rotatable bonds is 4. The van der Waals surface area contributed by atoms with Gasteiger partial charge in [-0.15, -0.1) is 0 Å². The van der Waals surface area contributed by atoms with Gasteiger partial charge in [0.25, 0.3) is 10.0 Å². The van der Waals surface area contributed by atoms with E-state index in [-0.39, 0.29) is 4.90 Å². The minimum absolute atomic E-state index is 0.233. The Balaban J connectivity index is 2.20. The third-order valence-corrected chi connectivity index (χ3v) is 4.77. The van der Waals surface area contributed by atoms with Gasteiger partial charge in [-0.05, 0) is 31.5 Å². The minimum atomic E-state index is -3.60. The molecule has 21 heavy (non-hydrogen) atoms. The van der Waals surface area contributed by atoms with Crippen LogP contribution in [0.25, 0.3) is 0 Å². The van der Waals surface area contributed by atoms with E-state index in [9.17, 15) is 8.42 Å². The highest BCUT2D eigenvalue weighted by Crippen LogP contribution is 2.15. The lowest BCUT2D eigenvalue weighted by molar-refractivity contribution is 0.491. The van der Waals surface area contributed by atoms with Gasteiger partial charge in [-0.2, -0.15) is 17.9 Å². The summed E-state index contributed by atoms with van der Waals surface area (Å²) in [7, 11) is -2.17. The van der Waals surface area contributed by atoms with Crippen LogP contribution in [0.4, 0.5) is 0 Å². The molecule has 2 aromatic carbocycles. The highest BCUT2D eigenvalue weighted by molar-refractivity contribution is 7.89. The SMILES string of the molecule is Cc1ccc(C=NN(C)S(=O)(=O)c2ccc(C)cc2)cc1. The van der Waals surface area contributed by atoms with Crippen LogP contribution >= 0.6 is 0 Å². The molecular weight excluding hydrogens is 284 g/mol. The van der Waals surface area contributed by atoms with Gasteiger partial charge >= 0.3 is 0 Å². The molecule has 0 spiro atoms. The first kappa shape index (κ1) is 15.3. The second-order valence-electron chi connectivity index (χ2n) is 4.91. The van der Waals surface area contributed by atoms with Crippen molar-refractivity contribution in [2.75, 3.05) is 7.05 Å². The summed E-state index contributed by atoms with van der Waals surface area (Å²) < 4.78 is 25.6. The summed E-state index contributed by atoms with van der Waals surface area (Å²) in [5.41, 5.74) is 3.01. The van der Waals surface area contributed by atoms with Crippen molar-refractivity contribution in [3.8, 4) is 0 Å². The van der Waals surface area contributed by atoms with Crippen LogP contribution in [0, 0.1) is 13.8 Å². The van der Waals surface area contributed by atoms with Crippen molar-refractivity contribution in [3.05, 3.63) is 65.2 Å². The van der Waals surface area contributed by atoms with Gasteiger partial charge < -0.3 is 0 Å². The van der Waals surface area contributed by atoms with Gasteiger partial charge in [0.05, 0.1) is 11.1 Å². The van der Waals surface area contributed by atoms with Crippen LogP contribution in [0.15, 0.2) is 58.5 Å². The smallest absolute Gasteiger partial charge is 0.200 e. The molecule has 0 amide bonds. The predicted molar refractivity (Wildman–Crippen MR) is 84.9 cm³/mol. The van der Waals surface area contributed by atoms with Crippen LogP contribution in [-0.4, -0.2) is 26.1 Å². The van der Waals surface area contributed by atoms with Gasteiger partial charge in [0, 0.05) is 7.05 Å². The maximum Gasteiger partial charge on any atom is 0.278 e. The summed E-state index contributed by atoms with van der Waals surface area (Å²) in [6, 6.07) is 14.4. The lowest BCUT2D eigenvalue weighted by atomic mass is 10.2. The Labute approximate surface area is 125 Å². The van der Waals surface area contributed by atoms with Crippen molar-refractivity contribution < 1.29 is 8.42 Å². The summed E-state index contributed by atoms with van der Waals surface area (Å²) in [5.74, 6) is 0. The fraction of sp³-hybridized carbons (Fsp3) is 0.188. The molecule has 0 aliphatic heterocycles. The zero-order chi connectivity index (χ0) is 15.5. The molecular formula is C16H18N2O2S. The molecule has 0 saturated heterocycles. The van der Waals surface area contributed by atoms with Gasteiger partial charge in [0.15, 0.2) is 0 Å². The molecule has 0 aliphatic carbocycles. The quantitative estimate of drug-likeness (QED) is 0.644. The lowest BCUT2D eigenvalue weighted by Crippen LogP contribution is -2.21. The van der Waals surface area contributed by atoms with Gasteiger partial charge in [-0.3, -0.25) is 0 Å². The lowest BCUT2D eigenvalue weighted by Gasteiger charge is -2.13. The van der Waals surface area contributed by atoms with Gasteiger partial charge in [-0.1, -0.05) is 47.5 Å². The number of hydrazone groups is 1. The zero-order valence-electron chi connectivity index (χ0n) is 12.3. The molecule has 2 rings (SSSR count). The molecule has 0 unspecified atom stereocenters. The van der Waals surface area contributed by atoms with E-state index < -0.39 is 10.0 Å². The molecule has 2 aromatic rings. The van der Waals surface area contributed by atoms with Crippen LogP contribution in [-0.2, 0) is 10.0 Å². The summed E-state index contributed by atoms with van der Waals surface area (Å²) in [6.07, 6.45) is 1.53. The van der Waals surface area contributed by atoms with Crippen molar-refractivity contribution in [2.24, 2.45) is 5.10 Å². The largest absolute Gasteiger partial charge is 0.278 e. The zero-order valence-corrected chi connectivity index (χ0v) is 13.1. The molecule has 0 atom stereocenters. The molecule has 0 N–H and O–H groups in total. The molecule has 0 fully saturated rings. The van der Waals surface area contributed by atoms with Crippen LogP contribution in [0.3, 0.4) is 0 Å². The Hall–Kier alpha value is -2.14. The number of aryl methyl sites for hydroxylation is 2. The van der Waals surface area contributed by atoms with E-state index in [1.165, 1.54) is 13.3 Å². The summed E-state index contributed by atoms with van der Waals surface area (Å²) in [4.78, 5) is 0.233.